The van der Waals surface area contributed by atoms with Gasteiger partial charge in [0.1, 0.15) is 0 Å². The van der Waals surface area contributed by atoms with E-state index in [0.29, 0.717) is 11.1 Å². The largest absolute Gasteiger partial charge is 0.277 e. The molecule has 0 saturated heterocycles. The summed E-state index contributed by atoms with van der Waals surface area (Å²) in [6, 6.07) is 22.5. The van der Waals surface area contributed by atoms with Gasteiger partial charge in [-0.1, -0.05) is 121 Å². The molecule has 4 nitrogen and oxygen atoms in total. The van der Waals surface area contributed by atoms with Crippen LogP contribution in [0.5, 0.6) is 0 Å². The van der Waals surface area contributed by atoms with Crippen LogP contribution in [0.25, 0.3) is 81.8 Å². The quantitative estimate of drug-likeness (QED) is 0.205. The van der Waals surface area contributed by atoms with Crippen LogP contribution in [0.15, 0.2) is 145 Å². The summed E-state index contributed by atoms with van der Waals surface area (Å²) in [6.45, 7) is 0. The highest BCUT2D eigenvalue weighted by Gasteiger charge is 2.21. The summed E-state index contributed by atoms with van der Waals surface area (Å²) in [4.78, 5) is 14.7. The Hall–Kier alpha value is -5.65. The first-order valence-corrected chi connectivity index (χ1v) is 14.6. The molecule has 6 aromatic carbocycles. The van der Waals surface area contributed by atoms with Crippen LogP contribution in [0.4, 0.5) is 0 Å². The molecule has 0 spiro atoms. The third-order valence-corrected chi connectivity index (χ3v) is 8.58. The summed E-state index contributed by atoms with van der Waals surface area (Å²) >= 11 is 0.956. The van der Waals surface area contributed by atoms with Crippen molar-refractivity contribution in [2.45, 2.75) is 0 Å². The zero-order chi connectivity index (χ0) is 37.7. The highest BCUT2D eigenvalue weighted by molar-refractivity contribution is 7.26. The van der Waals surface area contributed by atoms with Crippen molar-refractivity contribution in [1.29, 1.82) is 0 Å². The van der Waals surface area contributed by atoms with E-state index in [2.05, 4.69) is 0 Å². The first-order valence-electron chi connectivity index (χ1n) is 18.8. The van der Waals surface area contributed by atoms with Crippen molar-refractivity contribution >= 4 is 53.3 Å². The molecule has 0 bridgehead atoms. The van der Waals surface area contributed by atoms with Gasteiger partial charge in [-0.05, 0) is 35.3 Å². The minimum absolute atomic E-state index is 0.0101. The summed E-state index contributed by atoms with van der Waals surface area (Å²) in [5.74, 6) is 0.463. The lowest BCUT2D eigenvalue weighted by Gasteiger charge is -2.12. The Labute approximate surface area is 271 Å². The molecular formula is C39H24N4S. The second kappa shape index (κ2) is 9.97. The lowest BCUT2D eigenvalue weighted by molar-refractivity contribution is 0.955. The van der Waals surface area contributed by atoms with Crippen molar-refractivity contribution in [2.75, 3.05) is 0 Å². The number of benzene rings is 6. The molecule has 0 aliphatic carbocycles. The molecule has 0 radical (unpaired) electrons. The monoisotopic (exact) mass is 590 g/mol. The van der Waals surface area contributed by atoms with Crippen molar-refractivity contribution in [1.82, 2.24) is 19.5 Å². The van der Waals surface area contributed by atoms with Crippen LogP contribution in [0.3, 0.4) is 0 Å². The van der Waals surface area contributed by atoms with E-state index in [-0.39, 0.29) is 83.7 Å². The number of aromatic nitrogens is 4. The van der Waals surface area contributed by atoms with E-state index in [4.69, 9.17) is 25.9 Å². The molecule has 0 N–H and O–H groups in total. The standard InChI is InChI=1S/C39H24N4S/c1-3-12-25(13-4-1)27-16-11-17-28(24-27)38-40-37(26-14-5-2-6-15-26)41-39(42-38)43-32-20-9-7-18-29(32)30-22-23-34-35(36(30)43)31-19-8-10-21-33(31)44-34/h1-24H/i7D,8D,9D,10D,18D,19D,20D,21D,22D,23D. The third kappa shape index (κ3) is 3.94. The zero-order valence-corrected chi connectivity index (χ0v) is 23.6. The van der Waals surface area contributed by atoms with Gasteiger partial charge in [0.2, 0.25) is 5.95 Å². The smallest absolute Gasteiger partial charge is 0.238 e. The summed E-state index contributed by atoms with van der Waals surface area (Å²) in [5.41, 5.74) is 3.23. The summed E-state index contributed by atoms with van der Waals surface area (Å²) in [6.07, 6.45) is 0. The van der Waals surface area contributed by atoms with Crippen molar-refractivity contribution in [3.63, 3.8) is 0 Å². The molecule has 5 heteroatoms. The first-order chi connectivity index (χ1) is 26.0. The van der Waals surface area contributed by atoms with Crippen molar-refractivity contribution in [3.8, 4) is 39.9 Å². The van der Waals surface area contributed by atoms with Crippen LogP contribution in [-0.2, 0) is 0 Å². The third-order valence-electron chi connectivity index (χ3n) is 7.56. The Morgan fingerprint density at radius 3 is 2.00 bits per heavy atom. The molecule has 9 aromatic rings. The molecule has 206 valence electrons. The fraction of sp³-hybridized carbons (Fsp3) is 0. The van der Waals surface area contributed by atoms with Crippen LogP contribution in [0.1, 0.15) is 13.7 Å². The van der Waals surface area contributed by atoms with Crippen molar-refractivity contribution in [2.24, 2.45) is 0 Å². The highest BCUT2D eigenvalue weighted by atomic mass is 32.1. The molecule has 0 aliphatic rings. The van der Waals surface area contributed by atoms with Gasteiger partial charge in [-0.25, -0.2) is 4.98 Å². The van der Waals surface area contributed by atoms with Crippen LogP contribution in [0, 0.1) is 0 Å². The number of fused-ring (bicyclic) bond motifs is 7. The molecule has 9 rings (SSSR count). The highest BCUT2D eigenvalue weighted by Crippen LogP contribution is 2.42. The molecule has 0 aliphatic heterocycles. The molecule has 0 atom stereocenters. The maximum atomic E-state index is 9.28. The molecule has 44 heavy (non-hydrogen) atoms. The van der Waals surface area contributed by atoms with Gasteiger partial charge in [0, 0.05) is 42.1 Å². The number of hydrogen-bond donors (Lipinski definition) is 0. The Bertz CT molecular complexity index is 3060. The van der Waals surface area contributed by atoms with Gasteiger partial charge >= 0.3 is 0 Å². The van der Waals surface area contributed by atoms with Crippen LogP contribution in [0.2, 0.25) is 0 Å². The minimum Gasteiger partial charge on any atom is -0.277 e. The van der Waals surface area contributed by atoms with Crippen LogP contribution < -0.4 is 0 Å². The molecule has 3 aromatic heterocycles. The van der Waals surface area contributed by atoms with Gasteiger partial charge < -0.3 is 0 Å². The lowest BCUT2D eigenvalue weighted by atomic mass is 10.0. The van der Waals surface area contributed by atoms with Gasteiger partial charge in [0.25, 0.3) is 0 Å². The Kier molecular flexibility index (Phi) is 3.82. The average Bonchev–Trinajstić information content (AvgIpc) is 3.78. The molecular weight excluding hydrogens is 557 g/mol. The molecule has 0 unspecified atom stereocenters. The predicted octanol–water partition coefficient (Wildman–Crippen LogP) is 10.3. The van der Waals surface area contributed by atoms with E-state index < -0.39 is 36.3 Å². The predicted molar refractivity (Wildman–Crippen MR) is 183 cm³/mol. The normalized spacial score (nSPS) is 14.8. The van der Waals surface area contributed by atoms with Crippen molar-refractivity contribution < 1.29 is 13.7 Å². The minimum atomic E-state index is -0.534. The van der Waals surface area contributed by atoms with Crippen LogP contribution in [-0.4, -0.2) is 19.5 Å². The molecule has 3 heterocycles. The number of nitrogens with zero attached hydrogens (tertiary/aromatic N) is 4. The number of para-hydroxylation sites is 1. The summed E-state index contributed by atoms with van der Waals surface area (Å²) < 4.78 is 90.3. The SMILES string of the molecule is [2H]c1c([2H])c([2H])c2c(sc3c([2H])c([2H])c4c5c([2H])c([2H])c([2H])c([2H])c5n(-c5nc(-c6ccccc6)nc(-c6cccc(-c7ccccc7)c6)n5)c4c32)c1[2H]. The zero-order valence-electron chi connectivity index (χ0n) is 32.8. The van der Waals surface area contributed by atoms with Gasteiger partial charge in [0.05, 0.1) is 24.7 Å². The van der Waals surface area contributed by atoms with E-state index in [9.17, 15) is 2.74 Å². The summed E-state index contributed by atoms with van der Waals surface area (Å²) in [5, 5.41) is 0.272. The Balaban J connectivity index is 1.51. The maximum absolute atomic E-state index is 9.28. The fourth-order valence-corrected chi connectivity index (χ4v) is 6.55. The first kappa shape index (κ1) is 16.8. The van der Waals surface area contributed by atoms with Crippen LogP contribution >= 0.6 is 11.3 Å². The summed E-state index contributed by atoms with van der Waals surface area (Å²) in [7, 11) is 0. The maximum Gasteiger partial charge on any atom is 0.238 e. The van der Waals surface area contributed by atoms with E-state index in [1.807, 2.05) is 84.9 Å². The average molecular weight is 591 g/mol. The molecule has 0 fully saturated rings. The second-order valence-corrected chi connectivity index (χ2v) is 11.2. The Morgan fingerprint density at radius 2 is 1.18 bits per heavy atom. The van der Waals surface area contributed by atoms with Gasteiger partial charge in [-0.15, -0.1) is 11.3 Å². The topological polar surface area (TPSA) is 43.6 Å². The van der Waals surface area contributed by atoms with Gasteiger partial charge in [-0.2, -0.15) is 9.97 Å². The lowest BCUT2D eigenvalue weighted by Crippen LogP contribution is -2.06. The fourth-order valence-electron chi connectivity index (χ4n) is 5.59. The Morgan fingerprint density at radius 1 is 0.523 bits per heavy atom. The molecule has 0 saturated carbocycles. The van der Waals surface area contributed by atoms with Crippen molar-refractivity contribution in [3.05, 3.63) is 145 Å². The second-order valence-electron chi connectivity index (χ2n) is 10.1. The van der Waals surface area contributed by atoms with E-state index >= 15 is 0 Å². The number of hydrogen-bond acceptors (Lipinski definition) is 4. The van der Waals surface area contributed by atoms with E-state index in [1.165, 1.54) is 4.57 Å². The number of thiophene rings is 1. The van der Waals surface area contributed by atoms with Gasteiger partial charge in [-0.3, -0.25) is 4.57 Å². The van der Waals surface area contributed by atoms with E-state index in [1.54, 1.807) is 0 Å². The van der Waals surface area contributed by atoms with Gasteiger partial charge in [0.15, 0.2) is 11.6 Å². The van der Waals surface area contributed by atoms with E-state index in [0.717, 1.165) is 22.5 Å². The number of rotatable bonds is 4. The molecule has 0 amide bonds.